The molecule has 7 nitrogen and oxygen atoms in total. The topological polar surface area (TPSA) is 90.4 Å². The highest BCUT2D eigenvalue weighted by molar-refractivity contribution is 5.96. The van der Waals surface area contributed by atoms with Crippen LogP contribution >= 0.6 is 0 Å². The van der Waals surface area contributed by atoms with Crippen LogP contribution in [0, 0.1) is 0 Å². The lowest BCUT2D eigenvalue weighted by Crippen LogP contribution is -2.43. The van der Waals surface area contributed by atoms with E-state index in [0.29, 0.717) is 16.8 Å². The maximum atomic E-state index is 13.1. The Balaban J connectivity index is 1.27. The Morgan fingerprint density at radius 3 is 2.14 bits per heavy atom. The minimum atomic E-state index is -0.886. The monoisotopic (exact) mass is 559 g/mol. The van der Waals surface area contributed by atoms with Crippen molar-refractivity contribution in [1.29, 1.82) is 0 Å². The molecular formula is C35H33N3O4. The van der Waals surface area contributed by atoms with Crippen molar-refractivity contribution in [2.75, 3.05) is 7.11 Å². The number of nitrogens with zero attached hydrogens (tertiary/aromatic N) is 2. The van der Waals surface area contributed by atoms with Crippen molar-refractivity contribution in [3.8, 4) is 22.6 Å². The number of hydrogen-bond donors (Lipinski definition) is 1. The molecule has 5 rings (SSSR count). The average molecular weight is 560 g/mol. The van der Waals surface area contributed by atoms with E-state index in [1.165, 1.54) is 18.9 Å². The molecule has 0 bridgehead atoms. The summed E-state index contributed by atoms with van der Waals surface area (Å²) in [5.74, 6) is 0.276. The van der Waals surface area contributed by atoms with Gasteiger partial charge in [-0.1, -0.05) is 87.5 Å². The summed E-state index contributed by atoms with van der Waals surface area (Å²) in [6.07, 6.45) is 1.66. The number of amides is 1. The number of methoxy groups -OCH3 is 1. The molecule has 7 heteroatoms. The van der Waals surface area contributed by atoms with E-state index in [-0.39, 0.29) is 17.5 Å². The fourth-order valence-electron chi connectivity index (χ4n) is 4.59. The van der Waals surface area contributed by atoms with E-state index in [1.54, 1.807) is 18.2 Å². The van der Waals surface area contributed by atoms with E-state index in [0.717, 1.165) is 22.4 Å². The SMILES string of the molecule is COC(=O)[C@H](Cc1ccc(-c2ccccc2)cc1)NC(=O)c1cnc2cc(Oc3ccc(C(C)(C)C)cc3)ccc2n1. The Labute approximate surface area is 245 Å². The predicted octanol–water partition coefficient (Wildman–Crippen LogP) is 6.90. The first-order valence-corrected chi connectivity index (χ1v) is 13.8. The molecule has 212 valence electrons. The Morgan fingerprint density at radius 1 is 0.810 bits per heavy atom. The smallest absolute Gasteiger partial charge is 0.328 e. The molecule has 0 fully saturated rings. The van der Waals surface area contributed by atoms with Crippen LogP contribution in [0.2, 0.25) is 0 Å². The predicted molar refractivity (Wildman–Crippen MR) is 164 cm³/mol. The number of nitrogens with one attached hydrogen (secondary N) is 1. The second-order valence-corrected chi connectivity index (χ2v) is 11.1. The summed E-state index contributed by atoms with van der Waals surface area (Å²) in [5.41, 5.74) is 5.55. The molecular weight excluding hydrogens is 526 g/mol. The first kappa shape index (κ1) is 28.5. The zero-order valence-corrected chi connectivity index (χ0v) is 24.1. The molecule has 0 aliphatic heterocycles. The summed E-state index contributed by atoms with van der Waals surface area (Å²) in [6.45, 7) is 6.50. The molecule has 0 saturated carbocycles. The second-order valence-electron chi connectivity index (χ2n) is 11.1. The third-order valence-electron chi connectivity index (χ3n) is 6.99. The number of carbonyl (C=O) groups excluding carboxylic acids is 2. The molecule has 5 aromatic rings. The molecule has 0 aliphatic carbocycles. The first-order valence-electron chi connectivity index (χ1n) is 13.8. The van der Waals surface area contributed by atoms with Crippen molar-refractivity contribution >= 4 is 22.9 Å². The standard InChI is InChI=1S/C35H33N3O4/c1-35(2,3)26-14-16-27(17-15-26)42-28-18-19-29-30(21-28)36-22-32(37-29)33(39)38-31(34(40)41-4)20-23-10-12-25(13-11-23)24-8-6-5-7-9-24/h5-19,21-22,31H,20H2,1-4H3,(H,38,39)/t31-/m0/s1. The van der Waals surface area contributed by atoms with Crippen LogP contribution in [0.25, 0.3) is 22.2 Å². The van der Waals surface area contributed by atoms with E-state index in [2.05, 4.69) is 48.2 Å². The maximum absolute atomic E-state index is 13.1. The third kappa shape index (κ3) is 6.81. The summed E-state index contributed by atoms with van der Waals surface area (Å²) in [4.78, 5) is 34.6. The summed E-state index contributed by atoms with van der Waals surface area (Å²) >= 11 is 0. The van der Waals surface area contributed by atoms with E-state index < -0.39 is 17.9 Å². The maximum Gasteiger partial charge on any atom is 0.328 e. The Hall–Kier alpha value is -5.04. The van der Waals surface area contributed by atoms with Gasteiger partial charge in [-0.3, -0.25) is 9.78 Å². The molecule has 0 unspecified atom stereocenters. The Bertz CT molecular complexity index is 1690. The number of rotatable bonds is 8. The van der Waals surface area contributed by atoms with Crippen molar-refractivity contribution in [3.63, 3.8) is 0 Å². The number of hydrogen-bond acceptors (Lipinski definition) is 6. The lowest BCUT2D eigenvalue weighted by atomic mass is 9.87. The fraction of sp³-hybridized carbons (Fsp3) is 0.200. The summed E-state index contributed by atoms with van der Waals surface area (Å²) in [5, 5.41) is 2.76. The molecule has 42 heavy (non-hydrogen) atoms. The van der Waals surface area contributed by atoms with Crippen molar-refractivity contribution in [2.45, 2.75) is 38.6 Å². The quantitative estimate of drug-likeness (QED) is 0.208. The van der Waals surface area contributed by atoms with Crippen LogP contribution in [0.4, 0.5) is 0 Å². The number of aromatic nitrogens is 2. The number of benzene rings is 4. The Kier molecular flexibility index (Phi) is 8.29. The van der Waals surface area contributed by atoms with Gasteiger partial charge < -0.3 is 14.8 Å². The van der Waals surface area contributed by atoms with Crippen LogP contribution in [-0.4, -0.2) is 35.0 Å². The number of esters is 1. The van der Waals surface area contributed by atoms with Crippen LogP contribution in [0.3, 0.4) is 0 Å². The van der Waals surface area contributed by atoms with Crippen molar-refractivity contribution in [3.05, 3.63) is 120 Å². The third-order valence-corrected chi connectivity index (χ3v) is 6.99. The van der Waals surface area contributed by atoms with Gasteiger partial charge in [0.1, 0.15) is 23.2 Å². The average Bonchev–Trinajstić information content (AvgIpc) is 3.00. The summed E-state index contributed by atoms with van der Waals surface area (Å²) < 4.78 is 11.0. The van der Waals surface area contributed by atoms with Gasteiger partial charge in [0.15, 0.2) is 0 Å². The number of ether oxygens (including phenoxy) is 2. The van der Waals surface area contributed by atoms with Crippen LogP contribution in [0.15, 0.2) is 103 Å². The van der Waals surface area contributed by atoms with Crippen LogP contribution in [-0.2, 0) is 21.4 Å². The molecule has 1 heterocycles. The van der Waals surface area contributed by atoms with Gasteiger partial charge in [0.2, 0.25) is 0 Å². The van der Waals surface area contributed by atoms with E-state index in [9.17, 15) is 9.59 Å². The van der Waals surface area contributed by atoms with Gasteiger partial charge in [-0.05, 0) is 51.9 Å². The van der Waals surface area contributed by atoms with Gasteiger partial charge >= 0.3 is 5.97 Å². The zero-order valence-electron chi connectivity index (χ0n) is 24.1. The first-order chi connectivity index (χ1) is 20.2. The minimum Gasteiger partial charge on any atom is -0.467 e. The van der Waals surface area contributed by atoms with Crippen LogP contribution < -0.4 is 10.1 Å². The van der Waals surface area contributed by atoms with Crippen molar-refractivity contribution in [1.82, 2.24) is 15.3 Å². The summed E-state index contributed by atoms with van der Waals surface area (Å²) in [7, 11) is 1.30. The van der Waals surface area contributed by atoms with Crippen LogP contribution in [0.5, 0.6) is 11.5 Å². The molecule has 1 amide bonds. The molecule has 4 aromatic carbocycles. The highest BCUT2D eigenvalue weighted by Crippen LogP contribution is 2.28. The fourth-order valence-corrected chi connectivity index (χ4v) is 4.59. The Morgan fingerprint density at radius 2 is 1.48 bits per heavy atom. The van der Waals surface area contributed by atoms with E-state index in [4.69, 9.17) is 9.47 Å². The molecule has 0 aliphatic rings. The molecule has 0 spiro atoms. The van der Waals surface area contributed by atoms with Gasteiger partial charge in [0, 0.05) is 12.5 Å². The van der Waals surface area contributed by atoms with Crippen LogP contribution in [0.1, 0.15) is 42.4 Å². The molecule has 0 radical (unpaired) electrons. The van der Waals surface area contributed by atoms with Gasteiger partial charge in [0.05, 0.1) is 24.3 Å². The zero-order chi connectivity index (χ0) is 29.7. The molecule has 1 N–H and O–H groups in total. The highest BCUT2D eigenvalue weighted by atomic mass is 16.5. The van der Waals surface area contributed by atoms with E-state index in [1.807, 2.05) is 66.7 Å². The summed E-state index contributed by atoms with van der Waals surface area (Å²) in [6, 6.07) is 30.3. The normalized spacial score (nSPS) is 12.0. The van der Waals surface area contributed by atoms with Crippen molar-refractivity contribution in [2.24, 2.45) is 0 Å². The molecule has 1 atom stereocenters. The van der Waals surface area contributed by atoms with Gasteiger partial charge in [-0.25, -0.2) is 9.78 Å². The van der Waals surface area contributed by atoms with Crippen molar-refractivity contribution < 1.29 is 19.1 Å². The number of fused-ring (bicyclic) bond motifs is 1. The molecule has 1 aromatic heterocycles. The van der Waals surface area contributed by atoms with Gasteiger partial charge in [-0.15, -0.1) is 0 Å². The largest absolute Gasteiger partial charge is 0.467 e. The molecule has 0 saturated heterocycles. The second kappa shape index (κ2) is 12.2. The lowest BCUT2D eigenvalue weighted by Gasteiger charge is -2.19. The van der Waals surface area contributed by atoms with Gasteiger partial charge in [0.25, 0.3) is 5.91 Å². The highest BCUT2D eigenvalue weighted by Gasteiger charge is 2.24. The van der Waals surface area contributed by atoms with E-state index >= 15 is 0 Å². The lowest BCUT2D eigenvalue weighted by molar-refractivity contribution is -0.142. The number of carbonyl (C=O) groups is 2. The van der Waals surface area contributed by atoms with Gasteiger partial charge in [-0.2, -0.15) is 0 Å². The minimum absolute atomic E-state index is 0.0616.